The van der Waals surface area contributed by atoms with Gasteiger partial charge in [-0.25, -0.2) is 9.59 Å². The first kappa shape index (κ1) is 18.3. The second-order valence-corrected chi connectivity index (χ2v) is 6.89. The molecule has 7 nitrogen and oxygen atoms in total. The van der Waals surface area contributed by atoms with Crippen LogP contribution >= 0.6 is 0 Å². The highest BCUT2D eigenvalue weighted by molar-refractivity contribution is 5.95. The van der Waals surface area contributed by atoms with Gasteiger partial charge in [0.1, 0.15) is 11.8 Å². The first-order chi connectivity index (χ1) is 13.7. The molecule has 1 unspecified atom stereocenters. The molecule has 2 amide bonds. The normalized spacial score (nSPS) is 19.6. The monoisotopic (exact) mass is 381 g/mol. The van der Waals surface area contributed by atoms with Crippen molar-refractivity contribution >= 4 is 12.0 Å². The third-order valence-electron chi connectivity index (χ3n) is 5.07. The molecule has 1 atom stereocenters. The second-order valence-electron chi connectivity index (χ2n) is 6.89. The molecule has 0 radical (unpaired) electrons. The predicted octanol–water partition coefficient (Wildman–Crippen LogP) is 2.51. The average Bonchev–Trinajstić information content (AvgIpc) is 3.22. The SMILES string of the molecule is CCOC(=O)C1=C(CN2CCc3ccccc3C2)NC(=O)NC1c1ccco1. The number of nitrogens with one attached hydrogen (secondary N) is 2. The van der Waals surface area contributed by atoms with Crippen molar-refractivity contribution in [3.63, 3.8) is 0 Å². The van der Waals surface area contributed by atoms with E-state index in [1.54, 1.807) is 19.1 Å². The molecule has 0 saturated carbocycles. The Hall–Kier alpha value is -3.06. The van der Waals surface area contributed by atoms with Crippen molar-refractivity contribution in [2.24, 2.45) is 0 Å². The van der Waals surface area contributed by atoms with Gasteiger partial charge < -0.3 is 19.8 Å². The van der Waals surface area contributed by atoms with E-state index in [0.29, 0.717) is 23.6 Å². The van der Waals surface area contributed by atoms with Crippen molar-refractivity contribution in [2.75, 3.05) is 19.7 Å². The van der Waals surface area contributed by atoms with Crippen LogP contribution in [0.25, 0.3) is 0 Å². The van der Waals surface area contributed by atoms with Gasteiger partial charge in [0.25, 0.3) is 0 Å². The zero-order valence-corrected chi connectivity index (χ0v) is 15.7. The van der Waals surface area contributed by atoms with Crippen LogP contribution in [0.5, 0.6) is 0 Å². The number of esters is 1. The third-order valence-corrected chi connectivity index (χ3v) is 5.07. The molecule has 2 aliphatic rings. The maximum absolute atomic E-state index is 12.7. The number of benzene rings is 1. The lowest BCUT2D eigenvalue weighted by Gasteiger charge is -2.33. The maximum Gasteiger partial charge on any atom is 0.338 e. The zero-order valence-electron chi connectivity index (χ0n) is 15.7. The van der Waals surface area contributed by atoms with Gasteiger partial charge in [0.05, 0.1) is 18.4 Å². The van der Waals surface area contributed by atoms with Crippen LogP contribution in [0.3, 0.4) is 0 Å². The Kier molecular flexibility index (Phi) is 5.16. The molecule has 28 heavy (non-hydrogen) atoms. The molecule has 1 aromatic heterocycles. The second kappa shape index (κ2) is 7.90. The van der Waals surface area contributed by atoms with E-state index in [9.17, 15) is 9.59 Å². The molecule has 0 aliphatic carbocycles. The van der Waals surface area contributed by atoms with E-state index in [2.05, 4.69) is 33.7 Å². The van der Waals surface area contributed by atoms with Crippen molar-refractivity contribution in [2.45, 2.75) is 25.9 Å². The Morgan fingerprint density at radius 3 is 2.82 bits per heavy atom. The molecule has 0 fully saturated rings. The highest BCUT2D eigenvalue weighted by atomic mass is 16.5. The average molecular weight is 381 g/mol. The molecule has 3 heterocycles. The first-order valence-corrected chi connectivity index (χ1v) is 9.46. The Bertz CT molecular complexity index is 904. The summed E-state index contributed by atoms with van der Waals surface area (Å²) in [6.45, 7) is 4.09. The number of urea groups is 1. The lowest BCUT2D eigenvalue weighted by molar-refractivity contribution is -0.139. The Balaban J connectivity index is 1.65. The summed E-state index contributed by atoms with van der Waals surface area (Å²) in [6, 6.07) is 10.8. The highest BCUT2D eigenvalue weighted by Gasteiger charge is 2.36. The summed E-state index contributed by atoms with van der Waals surface area (Å²) in [5.41, 5.74) is 3.56. The smallest absolute Gasteiger partial charge is 0.338 e. The molecule has 0 saturated heterocycles. The summed E-state index contributed by atoms with van der Waals surface area (Å²) >= 11 is 0. The summed E-state index contributed by atoms with van der Waals surface area (Å²) in [6.07, 6.45) is 2.46. The molecule has 2 aromatic rings. The van der Waals surface area contributed by atoms with E-state index in [1.807, 2.05) is 6.07 Å². The number of carbonyl (C=O) groups is 2. The summed E-state index contributed by atoms with van der Waals surface area (Å²) in [4.78, 5) is 27.2. The Labute approximate surface area is 163 Å². The summed E-state index contributed by atoms with van der Waals surface area (Å²) in [5.74, 6) is 0.0446. The minimum atomic E-state index is -0.671. The fourth-order valence-corrected chi connectivity index (χ4v) is 3.77. The fourth-order valence-electron chi connectivity index (χ4n) is 3.77. The van der Waals surface area contributed by atoms with Crippen LogP contribution in [-0.4, -0.2) is 36.6 Å². The van der Waals surface area contributed by atoms with Gasteiger partial charge in [0.15, 0.2) is 0 Å². The molecule has 1 aromatic carbocycles. The summed E-state index contributed by atoms with van der Waals surface area (Å²) in [7, 11) is 0. The molecular formula is C21H23N3O4. The third kappa shape index (κ3) is 3.66. The number of hydrogen-bond donors (Lipinski definition) is 2. The number of ether oxygens (including phenoxy) is 1. The highest BCUT2D eigenvalue weighted by Crippen LogP contribution is 2.29. The number of carbonyl (C=O) groups excluding carboxylic acids is 2. The van der Waals surface area contributed by atoms with Crippen molar-refractivity contribution in [1.82, 2.24) is 15.5 Å². The molecule has 2 aliphatic heterocycles. The van der Waals surface area contributed by atoms with Crippen LogP contribution in [0, 0.1) is 0 Å². The Morgan fingerprint density at radius 2 is 2.07 bits per heavy atom. The predicted molar refractivity (Wildman–Crippen MR) is 102 cm³/mol. The van der Waals surface area contributed by atoms with E-state index < -0.39 is 12.0 Å². The minimum Gasteiger partial charge on any atom is -0.467 e. The minimum absolute atomic E-state index is 0.255. The Morgan fingerprint density at radius 1 is 1.25 bits per heavy atom. The first-order valence-electron chi connectivity index (χ1n) is 9.46. The lowest BCUT2D eigenvalue weighted by Crippen LogP contribution is -2.48. The molecule has 146 valence electrons. The molecule has 0 bridgehead atoms. The van der Waals surface area contributed by atoms with Crippen molar-refractivity contribution < 1.29 is 18.7 Å². The van der Waals surface area contributed by atoms with Crippen LogP contribution in [-0.2, 0) is 22.5 Å². The molecule has 7 heteroatoms. The van der Waals surface area contributed by atoms with Crippen LogP contribution in [0.4, 0.5) is 4.79 Å². The van der Waals surface area contributed by atoms with Crippen LogP contribution in [0.15, 0.2) is 58.3 Å². The number of nitrogens with zero attached hydrogens (tertiary/aromatic N) is 1. The van der Waals surface area contributed by atoms with Crippen molar-refractivity contribution in [3.05, 3.63) is 70.8 Å². The maximum atomic E-state index is 12.7. The van der Waals surface area contributed by atoms with Gasteiger partial charge in [-0.1, -0.05) is 24.3 Å². The van der Waals surface area contributed by atoms with Gasteiger partial charge in [-0.2, -0.15) is 0 Å². The standard InChI is InChI=1S/C21H23N3O4/c1-2-27-20(25)18-16(22-21(26)23-19(18)17-8-5-11-28-17)13-24-10-9-14-6-3-4-7-15(14)12-24/h3-8,11,19H,2,9-10,12-13H2,1H3,(H2,22,23,26). The van der Waals surface area contributed by atoms with E-state index in [1.165, 1.54) is 17.4 Å². The van der Waals surface area contributed by atoms with Gasteiger partial charge in [-0.15, -0.1) is 0 Å². The van der Waals surface area contributed by atoms with Gasteiger partial charge in [-0.05, 0) is 36.6 Å². The molecule has 4 rings (SSSR count). The van der Waals surface area contributed by atoms with E-state index in [0.717, 1.165) is 19.5 Å². The molecule has 2 N–H and O–H groups in total. The molecule has 0 spiro atoms. The lowest BCUT2D eigenvalue weighted by atomic mass is 9.97. The van der Waals surface area contributed by atoms with Crippen molar-refractivity contribution in [3.8, 4) is 0 Å². The summed E-state index contributed by atoms with van der Waals surface area (Å²) < 4.78 is 10.7. The van der Waals surface area contributed by atoms with Crippen molar-refractivity contribution in [1.29, 1.82) is 0 Å². The summed E-state index contributed by atoms with van der Waals surface area (Å²) in [5, 5.41) is 5.58. The largest absolute Gasteiger partial charge is 0.467 e. The number of amides is 2. The van der Waals surface area contributed by atoms with Crippen LogP contribution in [0.2, 0.25) is 0 Å². The number of furan rings is 1. The number of hydrogen-bond acceptors (Lipinski definition) is 5. The molecular weight excluding hydrogens is 358 g/mol. The number of rotatable bonds is 5. The van der Waals surface area contributed by atoms with Crippen LogP contribution in [0.1, 0.15) is 29.9 Å². The van der Waals surface area contributed by atoms with Crippen LogP contribution < -0.4 is 10.6 Å². The van der Waals surface area contributed by atoms with Gasteiger partial charge >= 0.3 is 12.0 Å². The van der Waals surface area contributed by atoms with Gasteiger partial charge in [-0.3, -0.25) is 4.90 Å². The number of fused-ring (bicyclic) bond motifs is 1. The fraction of sp³-hybridized carbons (Fsp3) is 0.333. The quantitative estimate of drug-likeness (QED) is 0.778. The van der Waals surface area contributed by atoms with E-state index in [-0.39, 0.29) is 12.6 Å². The van der Waals surface area contributed by atoms with Gasteiger partial charge in [0.2, 0.25) is 0 Å². The van der Waals surface area contributed by atoms with E-state index >= 15 is 0 Å². The zero-order chi connectivity index (χ0) is 19.5. The topological polar surface area (TPSA) is 83.8 Å². The van der Waals surface area contributed by atoms with Gasteiger partial charge in [0, 0.05) is 25.3 Å². The van der Waals surface area contributed by atoms with E-state index in [4.69, 9.17) is 9.15 Å².